The van der Waals surface area contributed by atoms with E-state index >= 15 is 0 Å². The maximum absolute atomic E-state index is 13.9. The number of fused-ring (bicyclic) bond motifs is 1. The van der Waals surface area contributed by atoms with Crippen LogP contribution in [0.3, 0.4) is 0 Å². The van der Waals surface area contributed by atoms with Crippen LogP contribution in [0.4, 0.5) is 4.39 Å². The van der Waals surface area contributed by atoms with E-state index in [0.717, 1.165) is 22.8 Å². The Hall–Kier alpha value is -1.37. The SMILES string of the molecule is CCCCCCc1ccc2c(F)c(C)ccc2c1. The molecule has 0 fully saturated rings. The summed E-state index contributed by atoms with van der Waals surface area (Å²) >= 11 is 0. The fraction of sp³-hybridized carbons (Fsp3) is 0.412. The van der Waals surface area contributed by atoms with Gasteiger partial charge in [0.2, 0.25) is 0 Å². The molecule has 0 saturated heterocycles. The van der Waals surface area contributed by atoms with E-state index in [9.17, 15) is 4.39 Å². The van der Waals surface area contributed by atoms with Crippen LogP contribution >= 0.6 is 0 Å². The Morgan fingerprint density at radius 3 is 2.61 bits per heavy atom. The monoisotopic (exact) mass is 244 g/mol. The number of benzene rings is 2. The summed E-state index contributed by atoms with van der Waals surface area (Å²) in [6, 6.07) is 10.00. The van der Waals surface area contributed by atoms with Gasteiger partial charge in [0.25, 0.3) is 0 Å². The van der Waals surface area contributed by atoms with Crippen LogP contribution in [0.25, 0.3) is 10.8 Å². The molecule has 0 bridgehead atoms. The maximum Gasteiger partial charge on any atom is 0.133 e. The van der Waals surface area contributed by atoms with Gasteiger partial charge in [-0.05, 0) is 36.3 Å². The molecule has 1 heteroatoms. The summed E-state index contributed by atoms with van der Waals surface area (Å²) in [4.78, 5) is 0. The van der Waals surface area contributed by atoms with E-state index in [1.807, 2.05) is 25.1 Å². The first-order chi connectivity index (χ1) is 8.72. The Morgan fingerprint density at radius 1 is 1.00 bits per heavy atom. The van der Waals surface area contributed by atoms with E-state index in [1.165, 1.54) is 31.2 Å². The zero-order chi connectivity index (χ0) is 13.0. The lowest BCUT2D eigenvalue weighted by Gasteiger charge is -2.06. The first kappa shape index (κ1) is 13.1. The highest BCUT2D eigenvalue weighted by molar-refractivity contribution is 5.84. The molecule has 0 aliphatic rings. The summed E-state index contributed by atoms with van der Waals surface area (Å²) in [6.45, 7) is 4.04. The smallest absolute Gasteiger partial charge is 0.133 e. The molecule has 0 saturated carbocycles. The first-order valence-corrected chi connectivity index (χ1v) is 6.90. The lowest BCUT2D eigenvalue weighted by atomic mass is 10.0. The molecule has 0 heterocycles. The molecule has 2 aromatic rings. The minimum Gasteiger partial charge on any atom is -0.206 e. The van der Waals surface area contributed by atoms with Crippen molar-refractivity contribution in [3.05, 3.63) is 47.3 Å². The van der Waals surface area contributed by atoms with Crippen molar-refractivity contribution in [2.24, 2.45) is 0 Å². The standard InChI is InChI=1S/C17H21F/c1-3-4-5-6-7-14-9-11-16-15(12-14)10-8-13(2)17(16)18/h8-12H,3-7H2,1-2H3. The van der Waals surface area contributed by atoms with Crippen molar-refractivity contribution in [2.75, 3.05) is 0 Å². The zero-order valence-corrected chi connectivity index (χ0v) is 11.3. The summed E-state index contributed by atoms with van der Waals surface area (Å²) in [7, 11) is 0. The average Bonchev–Trinajstić information content (AvgIpc) is 2.39. The van der Waals surface area contributed by atoms with E-state index in [0.29, 0.717) is 0 Å². The number of rotatable bonds is 5. The molecule has 0 N–H and O–H groups in total. The minimum absolute atomic E-state index is 0.0787. The predicted molar refractivity (Wildman–Crippen MR) is 76.5 cm³/mol. The van der Waals surface area contributed by atoms with Crippen LogP contribution in [0.15, 0.2) is 30.3 Å². The van der Waals surface area contributed by atoms with E-state index in [2.05, 4.69) is 19.1 Å². The van der Waals surface area contributed by atoms with Gasteiger partial charge in [-0.25, -0.2) is 4.39 Å². The van der Waals surface area contributed by atoms with E-state index in [4.69, 9.17) is 0 Å². The third kappa shape index (κ3) is 2.90. The Bertz CT molecular complexity index is 528. The van der Waals surface area contributed by atoms with Crippen LogP contribution in [-0.4, -0.2) is 0 Å². The third-order valence-electron chi connectivity index (χ3n) is 3.53. The van der Waals surface area contributed by atoms with Gasteiger partial charge in [0, 0.05) is 5.39 Å². The van der Waals surface area contributed by atoms with Gasteiger partial charge in [0.05, 0.1) is 0 Å². The van der Waals surface area contributed by atoms with Crippen LogP contribution in [0.2, 0.25) is 0 Å². The molecule has 0 unspecified atom stereocenters. The van der Waals surface area contributed by atoms with Crippen molar-refractivity contribution in [3.63, 3.8) is 0 Å². The third-order valence-corrected chi connectivity index (χ3v) is 3.53. The van der Waals surface area contributed by atoms with Gasteiger partial charge in [-0.2, -0.15) is 0 Å². The summed E-state index contributed by atoms with van der Waals surface area (Å²) in [5.74, 6) is -0.0787. The van der Waals surface area contributed by atoms with Gasteiger partial charge in [-0.3, -0.25) is 0 Å². The number of halogens is 1. The second-order valence-corrected chi connectivity index (χ2v) is 5.06. The molecule has 18 heavy (non-hydrogen) atoms. The van der Waals surface area contributed by atoms with Gasteiger partial charge < -0.3 is 0 Å². The molecule has 0 aliphatic carbocycles. The highest BCUT2D eigenvalue weighted by Gasteiger charge is 2.04. The quantitative estimate of drug-likeness (QED) is 0.617. The molecule has 0 nitrogen and oxygen atoms in total. The molecular weight excluding hydrogens is 223 g/mol. The van der Waals surface area contributed by atoms with Crippen molar-refractivity contribution >= 4 is 10.8 Å². The molecule has 2 rings (SSSR count). The molecule has 2 aromatic carbocycles. The summed E-state index contributed by atoms with van der Waals surface area (Å²) in [6.07, 6.45) is 6.19. The van der Waals surface area contributed by atoms with Crippen molar-refractivity contribution in [2.45, 2.75) is 46.0 Å². The molecule has 0 aromatic heterocycles. The van der Waals surface area contributed by atoms with Gasteiger partial charge in [0.15, 0.2) is 0 Å². The highest BCUT2D eigenvalue weighted by atomic mass is 19.1. The van der Waals surface area contributed by atoms with Gasteiger partial charge in [-0.15, -0.1) is 0 Å². The Morgan fingerprint density at radius 2 is 1.83 bits per heavy atom. The largest absolute Gasteiger partial charge is 0.206 e. The minimum atomic E-state index is -0.0787. The normalized spacial score (nSPS) is 11.1. The Balaban J connectivity index is 2.15. The molecule has 0 aliphatic heterocycles. The van der Waals surface area contributed by atoms with E-state index < -0.39 is 0 Å². The lowest BCUT2D eigenvalue weighted by Crippen LogP contribution is -1.89. The number of hydrogen-bond acceptors (Lipinski definition) is 0. The second kappa shape index (κ2) is 5.99. The summed E-state index contributed by atoms with van der Waals surface area (Å²) in [5, 5.41) is 1.76. The second-order valence-electron chi connectivity index (χ2n) is 5.06. The average molecular weight is 244 g/mol. The summed E-state index contributed by atoms with van der Waals surface area (Å²) in [5.41, 5.74) is 2.04. The number of aryl methyl sites for hydroxylation is 2. The van der Waals surface area contributed by atoms with Crippen LogP contribution in [0.1, 0.15) is 43.7 Å². The van der Waals surface area contributed by atoms with Crippen LogP contribution < -0.4 is 0 Å². The molecule has 0 atom stereocenters. The van der Waals surface area contributed by atoms with E-state index in [1.54, 1.807) is 0 Å². The highest BCUT2D eigenvalue weighted by Crippen LogP contribution is 2.22. The lowest BCUT2D eigenvalue weighted by molar-refractivity contribution is 0.630. The van der Waals surface area contributed by atoms with Crippen LogP contribution in [-0.2, 0) is 6.42 Å². The predicted octanol–water partition coefficient (Wildman–Crippen LogP) is 5.41. The Labute approximate surface area is 109 Å². The Kier molecular flexibility index (Phi) is 4.35. The van der Waals surface area contributed by atoms with Crippen molar-refractivity contribution in [3.8, 4) is 0 Å². The molecular formula is C17H21F. The van der Waals surface area contributed by atoms with Gasteiger partial charge >= 0.3 is 0 Å². The topological polar surface area (TPSA) is 0 Å². The molecule has 96 valence electrons. The molecule has 0 spiro atoms. The zero-order valence-electron chi connectivity index (χ0n) is 11.3. The van der Waals surface area contributed by atoms with Crippen LogP contribution in [0, 0.1) is 12.7 Å². The molecule has 0 radical (unpaired) electrons. The summed E-state index contributed by atoms with van der Waals surface area (Å²) < 4.78 is 13.9. The van der Waals surface area contributed by atoms with Crippen molar-refractivity contribution < 1.29 is 4.39 Å². The number of hydrogen-bond donors (Lipinski definition) is 0. The fourth-order valence-electron chi connectivity index (χ4n) is 2.36. The van der Waals surface area contributed by atoms with Gasteiger partial charge in [-0.1, -0.05) is 56.5 Å². The molecule has 0 amide bonds. The maximum atomic E-state index is 13.9. The van der Waals surface area contributed by atoms with Gasteiger partial charge in [0.1, 0.15) is 5.82 Å². The van der Waals surface area contributed by atoms with Crippen molar-refractivity contribution in [1.82, 2.24) is 0 Å². The van der Waals surface area contributed by atoms with E-state index in [-0.39, 0.29) is 5.82 Å². The van der Waals surface area contributed by atoms with Crippen LogP contribution in [0.5, 0.6) is 0 Å². The number of unbranched alkanes of at least 4 members (excludes halogenated alkanes) is 3. The first-order valence-electron chi connectivity index (χ1n) is 6.90. The fourth-order valence-corrected chi connectivity index (χ4v) is 2.36. The van der Waals surface area contributed by atoms with Crippen molar-refractivity contribution in [1.29, 1.82) is 0 Å².